The Labute approximate surface area is 108 Å². The molecular formula is C12H14BrNO3. The number of carbonyl (C=O) groups is 1. The van der Waals surface area contributed by atoms with Gasteiger partial charge in [-0.15, -0.1) is 0 Å². The molecule has 0 unspecified atom stereocenters. The highest BCUT2D eigenvalue weighted by Gasteiger charge is 2.47. The van der Waals surface area contributed by atoms with Gasteiger partial charge in [0.25, 0.3) is 0 Å². The fraction of sp³-hybridized carbons (Fsp3) is 0.417. The molecule has 0 saturated carbocycles. The fourth-order valence-corrected chi connectivity index (χ4v) is 2.13. The lowest BCUT2D eigenvalue weighted by Crippen LogP contribution is -2.54. The van der Waals surface area contributed by atoms with Crippen molar-refractivity contribution in [1.82, 2.24) is 0 Å². The number of esters is 1. The second-order valence-electron chi connectivity index (χ2n) is 4.13. The van der Waals surface area contributed by atoms with Gasteiger partial charge in [0.05, 0.1) is 20.3 Å². The van der Waals surface area contributed by atoms with E-state index in [0.717, 1.165) is 10.2 Å². The standard InChI is InChI=1S/C12H14BrNO3/c1-16-11(15)12(7-17-8-12)6-14-10-4-2-3-9(13)5-10/h2-5,14H,6-8H2,1H3. The van der Waals surface area contributed by atoms with E-state index in [9.17, 15) is 4.79 Å². The van der Waals surface area contributed by atoms with Crippen molar-refractivity contribution in [3.63, 3.8) is 0 Å². The van der Waals surface area contributed by atoms with Crippen LogP contribution in [0.3, 0.4) is 0 Å². The minimum Gasteiger partial charge on any atom is -0.468 e. The summed E-state index contributed by atoms with van der Waals surface area (Å²) in [6.45, 7) is 1.36. The van der Waals surface area contributed by atoms with Gasteiger partial charge < -0.3 is 14.8 Å². The second kappa shape index (κ2) is 5.06. The number of benzene rings is 1. The Morgan fingerprint density at radius 3 is 2.88 bits per heavy atom. The van der Waals surface area contributed by atoms with Crippen LogP contribution >= 0.6 is 15.9 Å². The lowest BCUT2D eigenvalue weighted by atomic mass is 9.86. The highest BCUT2D eigenvalue weighted by molar-refractivity contribution is 9.10. The van der Waals surface area contributed by atoms with Crippen LogP contribution in [0.5, 0.6) is 0 Å². The summed E-state index contributed by atoms with van der Waals surface area (Å²) < 4.78 is 10.9. The molecule has 1 heterocycles. The maximum Gasteiger partial charge on any atom is 0.318 e. The van der Waals surface area contributed by atoms with Crippen molar-refractivity contribution in [2.45, 2.75) is 0 Å². The van der Waals surface area contributed by atoms with Crippen LogP contribution in [-0.4, -0.2) is 32.8 Å². The van der Waals surface area contributed by atoms with E-state index in [1.54, 1.807) is 0 Å². The zero-order valence-corrected chi connectivity index (χ0v) is 11.1. The Bertz CT molecular complexity index is 418. The third kappa shape index (κ3) is 2.61. The minimum absolute atomic E-state index is 0.216. The molecule has 1 aromatic carbocycles. The highest BCUT2D eigenvalue weighted by atomic mass is 79.9. The minimum atomic E-state index is -0.531. The second-order valence-corrected chi connectivity index (χ2v) is 5.04. The van der Waals surface area contributed by atoms with Gasteiger partial charge in [0.15, 0.2) is 0 Å². The summed E-state index contributed by atoms with van der Waals surface area (Å²) in [6, 6.07) is 7.81. The molecule has 1 saturated heterocycles. The van der Waals surface area contributed by atoms with E-state index >= 15 is 0 Å². The Morgan fingerprint density at radius 1 is 1.59 bits per heavy atom. The molecule has 1 N–H and O–H groups in total. The molecule has 0 bridgehead atoms. The van der Waals surface area contributed by atoms with E-state index in [-0.39, 0.29) is 5.97 Å². The molecule has 0 aromatic heterocycles. The lowest BCUT2D eigenvalue weighted by Gasteiger charge is -2.38. The zero-order valence-electron chi connectivity index (χ0n) is 9.53. The number of carbonyl (C=O) groups excluding carboxylic acids is 1. The normalized spacial score (nSPS) is 17.1. The molecule has 17 heavy (non-hydrogen) atoms. The summed E-state index contributed by atoms with van der Waals surface area (Å²) in [5.41, 5.74) is 0.436. The lowest BCUT2D eigenvalue weighted by molar-refractivity contribution is -0.180. The Morgan fingerprint density at radius 2 is 2.35 bits per heavy atom. The average molecular weight is 300 g/mol. The van der Waals surface area contributed by atoms with E-state index < -0.39 is 5.41 Å². The Hall–Kier alpha value is -1.07. The van der Waals surface area contributed by atoms with Crippen molar-refractivity contribution in [1.29, 1.82) is 0 Å². The maximum absolute atomic E-state index is 11.7. The third-order valence-corrected chi connectivity index (χ3v) is 3.32. The Balaban J connectivity index is 1.99. The maximum atomic E-state index is 11.7. The van der Waals surface area contributed by atoms with Crippen LogP contribution < -0.4 is 5.32 Å². The van der Waals surface area contributed by atoms with Gasteiger partial charge in [-0.3, -0.25) is 4.79 Å². The largest absolute Gasteiger partial charge is 0.468 e. The topological polar surface area (TPSA) is 47.6 Å². The molecule has 0 atom stereocenters. The summed E-state index contributed by atoms with van der Waals surface area (Å²) >= 11 is 3.40. The molecule has 1 aliphatic rings. The number of ether oxygens (including phenoxy) is 2. The predicted octanol–water partition coefficient (Wildman–Crippen LogP) is 2.05. The number of rotatable bonds is 4. The van der Waals surface area contributed by atoms with Crippen molar-refractivity contribution < 1.29 is 14.3 Å². The number of hydrogen-bond donors (Lipinski definition) is 1. The first-order chi connectivity index (χ1) is 8.16. The van der Waals surface area contributed by atoms with Crippen molar-refractivity contribution >= 4 is 27.6 Å². The quantitative estimate of drug-likeness (QED) is 0.865. The van der Waals surface area contributed by atoms with E-state index in [4.69, 9.17) is 9.47 Å². The first-order valence-corrected chi connectivity index (χ1v) is 6.11. The SMILES string of the molecule is COC(=O)C1(CNc2cccc(Br)c2)COC1. The first kappa shape index (κ1) is 12.4. The van der Waals surface area contributed by atoms with Crippen LogP contribution in [0.15, 0.2) is 28.7 Å². The summed E-state index contributed by atoms with van der Waals surface area (Å²) in [5.74, 6) is -0.216. The van der Waals surface area contributed by atoms with Crippen LogP contribution in [0, 0.1) is 5.41 Å². The monoisotopic (exact) mass is 299 g/mol. The summed E-state index contributed by atoms with van der Waals surface area (Å²) in [4.78, 5) is 11.7. The van der Waals surface area contributed by atoms with Gasteiger partial charge >= 0.3 is 5.97 Å². The average Bonchev–Trinajstić information content (AvgIpc) is 2.27. The van der Waals surface area contributed by atoms with Crippen molar-refractivity contribution in [3.05, 3.63) is 28.7 Å². The van der Waals surface area contributed by atoms with Gasteiger partial charge in [-0.25, -0.2) is 0 Å². The summed E-state index contributed by atoms with van der Waals surface area (Å²) in [5, 5.41) is 3.23. The predicted molar refractivity (Wildman–Crippen MR) is 67.9 cm³/mol. The first-order valence-electron chi connectivity index (χ1n) is 5.32. The number of anilines is 1. The number of nitrogens with one attached hydrogen (secondary N) is 1. The van der Waals surface area contributed by atoms with E-state index in [1.165, 1.54) is 7.11 Å². The molecule has 1 aliphatic heterocycles. The van der Waals surface area contributed by atoms with Crippen LogP contribution in [0.2, 0.25) is 0 Å². The molecule has 4 nitrogen and oxygen atoms in total. The van der Waals surface area contributed by atoms with Crippen molar-refractivity contribution in [2.75, 3.05) is 32.2 Å². The van der Waals surface area contributed by atoms with Crippen LogP contribution in [0.4, 0.5) is 5.69 Å². The molecule has 92 valence electrons. The van der Waals surface area contributed by atoms with Gasteiger partial charge in [0.2, 0.25) is 0 Å². The van der Waals surface area contributed by atoms with Gasteiger partial charge in [-0.2, -0.15) is 0 Å². The molecule has 1 aromatic rings. The Kier molecular flexibility index (Phi) is 3.69. The highest BCUT2D eigenvalue weighted by Crippen LogP contribution is 2.29. The van der Waals surface area contributed by atoms with Gasteiger partial charge in [0, 0.05) is 16.7 Å². The third-order valence-electron chi connectivity index (χ3n) is 2.83. The van der Waals surface area contributed by atoms with Gasteiger partial charge in [0.1, 0.15) is 5.41 Å². The van der Waals surface area contributed by atoms with Crippen LogP contribution in [0.25, 0.3) is 0 Å². The molecular weight excluding hydrogens is 286 g/mol. The number of halogens is 1. The van der Waals surface area contributed by atoms with Crippen molar-refractivity contribution in [2.24, 2.45) is 5.41 Å². The molecule has 5 heteroatoms. The van der Waals surface area contributed by atoms with Crippen molar-refractivity contribution in [3.8, 4) is 0 Å². The summed E-state index contributed by atoms with van der Waals surface area (Å²) in [7, 11) is 1.40. The zero-order chi connectivity index (χ0) is 12.3. The molecule has 0 aliphatic carbocycles. The molecule has 2 rings (SSSR count). The van der Waals surface area contributed by atoms with E-state index in [0.29, 0.717) is 19.8 Å². The fourth-order valence-electron chi connectivity index (χ4n) is 1.73. The van der Waals surface area contributed by atoms with Crippen LogP contribution in [-0.2, 0) is 14.3 Å². The molecule has 0 spiro atoms. The number of methoxy groups -OCH3 is 1. The molecule has 1 fully saturated rings. The van der Waals surface area contributed by atoms with E-state index in [2.05, 4.69) is 21.2 Å². The van der Waals surface area contributed by atoms with E-state index in [1.807, 2.05) is 24.3 Å². The smallest absolute Gasteiger partial charge is 0.318 e. The number of hydrogen-bond acceptors (Lipinski definition) is 4. The van der Waals surface area contributed by atoms with Gasteiger partial charge in [-0.1, -0.05) is 22.0 Å². The molecule has 0 radical (unpaired) electrons. The van der Waals surface area contributed by atoms with Crippen LogP contribution in [0.1, 0.15) is 0 Å². The summed E-state index contributed by atoms with van der Waals surface area (Å²) in [6.07, 6.45) is 0. The van der Waals surface area contributed by atoms with Gasteiger partial charge in [-0.05, 0) is 18.2 Å². The molecule has 0 amide bonds.